The third-order valence-corrected chi connectivity index (χ3v) is 6.76. The zero-order valence-electron chi connectivity index (χ0n) is 21.6. The number of benzene rings is 2. The Morgan fingerprint density at radius 3 is 2.26 bits per heavy atom. The van der Waals surface area contributed by atoms with Gasteiger partial charge in [0.15, 0.2) is 0 Å². The van der Waals surface area contributed by atoms with E-state index in [1.807, 2.05) is 49.1 Å². The second-order valence-electron chi connectivity index (χ2n) is 8.98. The van der Waals surface area contributed by atoms with Crippen LogP contribution >= 0.6 is 0 Å². The molecular weight excluding hydrogens is 440 g/mol. The molecule has 0 radical (unpaired) electrons. The molecule has 0 spiro atoms. The molecule has 1 aliphatic rings. The molecule has 0 bridgehead atoms. The molecule has 3 rings (SSSR count). The molecule has 7 heteroatoms. The topological polar surface area (TPSA) is 65.1 Å². The predicted molar refractivity (Wildman–Crippen MR) is 141 cm³/mol. The van der Waals surface area contributed by atoms with Gasteiger partial charge in [-0.15, -0.1) is 0 Å². The Labute approximate surface area is 210 Å². The largest absolute Gasteiger partial charge is 0.453 e. The van der Waals surface area contributed by atoms with Crippen LogP contribution in [0.3, 0.4) is 0 Å². The zero-order valence-corrected chi connectivity index (χ0v) is 21.6. The van der Waals surface area contributed by atoms with E-state index in [-0.39, 0.29) is 11.9 Å². The minimum atomic E-state index is -0.484. The molecule has 1 fully saturated rings. The third-order valence-electron chi connectivity index (χ3n) is 6.76. The van der Waals surface area contributed by atoms with Crippen molar-refractivity contribution in [1.29, 1.82) is 0 Å². The Kier molecular flexibility index (Phi) is 10.1. The number of carbonyl (C=O) groups is 2. The first-order valence-corrected chi connectivity index (χ1v) is 12.8. The van der Waals surface area contributed by atoms with Gasteiger partial charge in [-0.05, 0) is 62.2 Å². The molecule has 1 unspecified atom stereocenters. The molecular formula is C28H40N4O3. The number of rotatable bonds is 10. The summed E-state index contributed by atoms with van der Waals surface area (Å²) >= 11 is 0. The highest BCUT2D eigenvalue weighted by Crippen LogP contribution is 2.31. The number of carbonyl (C=O) groups excluding carboxylic acids is 2. The van der Waals surface area contributed by atoms with Crippen molar-refractivity contribution in [1.82, 2.24) is 14.7 Å². The Morgan fingerprint density at radius 2 is 1.66 bits per heavy atom. The van der Waals surface area contributed by atoms with Crippen molar-refractivity contribution in [3.05, 3.63) is 65.2 Å². The first-order chi connectivity index (χ1) is 17.0. The highest BCUT2D eigenvalue weighted by Gasteiger charge is 2.27. The van der Waals surface area contributed by atoms with E-state index < -0.39 is 6.09 Å². The number of amides is 2. The van der Waals surface area contributed by atoms with Gasteiger partial charge in [0.05, 0.1) is 13.2 Å². The molecule has 0 saturated carbocycles. The smallest absolute Gasteiger partial charge is 0.411 e. The first kappa shape index (κ1) is 26.7. The summed E-state index contributed by atoms with van der Waals surface area (Å²) in [7, 11) is 1.36. The Morgan fingerprint density at radius 1 is 0.971 bits per heavy atom. The van der Waals surface area contributed by atoms with E-state index >= 15 is 0 Å². The molecule has 1 atom stereocenters. The second kappa shape index (κ2) is 13.3. The van der Waals surface area contributed by atoms with Crippen molar-refractivity contribution in [2.75, 3.05) is 58.2 Å². The maximum Gasteiger partial charge on any atom is 0.411 e. The molecule has 1 aliphatic heterocycles. The van der Waals surface area contributed by atoms with E-state index in [0.29, 0.717) is 24.3 Å². The lowest BCUT2D eigenvalue weighted by atomic mass is 9.95. The van der Waals surface area contributed by atoms with E-state index in [1.54, 1.807) is 0 Å². The molecule has 190 valence electrons. The summed E-state index contributed by atoms with van der Waals surface area (Å²) in [5.41, 5.74) is 3.65. The van der Waals surface area contributed by atoms with Gasteiger partial charge in [0.2, 0.25) is 0 Å². The fourth-order valence-electron chi connectivity index (χ4n) is 4.70. The highest BCUT2D eigenvalue weighted by atomic mass is 16.5. The fourth-order valence-corrected chi connectivity index (χ4v) is 4.70. The van der Waals surface area contributed by atoms with Crippen molar-refractivity contribution >= 4 is 17.7 Å². The van der Waals surface area contributed by atoms with Crippen LogP contribution in [-0.4, -0.2) is 79.6 Å². The van der Waals surface area contributed by atoms with Crippen LogP contribution < -0.4 is 5.32 Å². The normalized spacial score (nSPS) is 15.4. The first-order valence-electron chi connectivity index (χ1n) is 12.8. The molecule has 2 amide bonds. The van der Waals surface area contributed by atoms with Gasteiger partial charge < -0.3 is 14.5 Å². The van der Waals surface area contributed by atoms with Crippen LogP contribution in [0.25, 0.3) is 0 Å². The summed E-state index contributed by atoms with van der Waals surface area (Å²) in [6, 6.07) is 16.0. The third kappa shape index (κ3) is 7.05. The van der Waals surface area contributed by atoms with Gasteiger partial charge in [0.1, 0.15) is 0 Å². The van der Waals surface area contributed by atoms with E-state index in [4.69, 9.17) is 4.74 Å². The summed E-state index contributed by atoms with van der Waals surface area (Å²) in [5, 5.41) is 2.78. The van der Waals surface area contributed by atoms with Crippen molar-refractivity contribution < 1.29 is 14.3 Å². The van der Waals surface area contributed by atoms with Gasteiger partial charge in [0.25, 0.3) is 5.91 Å². The van der Waals surface area contributed by atoms with Crippen molar-refractivity contribution in [3.8, 4) is 0 Å². The molecule has 7 nitrogen and oxygen atoms in total. The lowest BCUT2D eigenvalue weighted by molar-refractivity contribution is 0.0773. The molecule has 1 heterocycles. The van der Waals surface area contributed by atoms with Crippen LogP contribution in [-0.2, 0) is 4.74 Å². The Bertz CT molecular complexity index is 951. The molecule has 2 aromatic rings. The average molecular weight is 481 g/mol. The lowest BCUT2D eigenvalue weighted by Gasteiger charge is -2.40. The number of hydrogen-bond donors (Lipinski definition) is 1. The van der Waals surface area contributed by atoms with Gasteiger partial charge in [-0.3, -0.25) is 15.0 Å². The highest BCUT2D eigenvalue weighted by molar-refractivity contribution is 5.94. The molecule has 1 saturated heterocycles. The van der Waals surface area contributed by atoms with Crippen LogP contribution in [0.5, 0.6) is 0 Å². The summed E-state index contributed by atoms with van der Waals surface area (Å²) in [6.45, 7) is 12.8. The summed E-state index contributed by atoms with van der Waals surface area (Å²) in [4.78, 5) is 31.5. The number of hydrogen-bond acceptors (Lipinski definition) is 5. The number of anilines is 1. The van der Waals surface area contributed by atoms with Crippen molar-refractivity contribution in [3.63, 3.8) is 0 Å². The maximum absolute atomic E-state index is 12.8. The minimum Gasteiger partial charge on any atom is -0.453 e. The van der Waals surface area contributed by atoms with E-state index in [0.717, 1.165) is 43.9 Å². The number of ether oxygens (including phenoxy) is 1. The average Bonchev–Trinajstić information content (AvgIpc) is 2.89. The maximum atomic E-state index is 12.8. The van der Waals surface area contributed by atoms with Gasteiger partial charge in [-0.25, -0.2) is 4.79 Å². The van der Waals surface area contributed by atoms with E-state index in [9.17, 15) is 9.59 Å². The Hall–Kier alpha value is -2.90. The number of nitrogens with zero attached hydrogens (tertiary/aromatic N) is 3. The lowest BCUT2D eigenvalue weighted by Crippen LogP contribution is -2.48. The quantitative estimate of drug-likeness (QED) is 0.526. The van der Waals surface area contributed by atoms with Gasteiger partial charge in [-0.2, -0.15) is 0 Å². The number of nitrogens with one attached hydrogen (secondary N) is 1. The number of methoxy groups -OCH3 is 1. The molecule has 0 aromatic heterocycles. The van der Waals surface area contributed by atoms with Crippen LogP contribution in [0.2, 0.25) is 0 Å². The van der Waals surface area contributed by atoms with Crippen LogP contribution in [0, 0.1) is 0 Å². The predicted octanol–water partition coefficient (Wildman–Crippen LogP) is 4.85. The fraction of sp³-hybridized carbons (Fsp3) is 0.500. The van der Waals surface area contributed by atoms with Gasteiger partial charge in [-0.1, -0.05) is 37.6 Å². The second-order valence-corrected chi connectivity index (χ2v) is 8.98. The summed E-state index contributed by atoms with van der Waals surface area (Å²) in [6.07, 6.45) is 1.95. The summed E-state index contributed by atoms with van der Waals surface area (Å²) in [5.74, 6) is 0.0620. The number of unbranched alkanes of at least 4 members (excludes halogenated alkanes) is 1. The van der Waals surface area contributed by atoms with Crippen molar-refractivity contribution in [2.45, 2.75) is 39.7 Å². The van der Waals surface area contributed by atoms with Gasteiger partial charge in [0, 0.05) is 50.5 Å². The monoisotopic (exact) mass is 480 g/mol. The molecule has 1 N–H and O–H groups in total. The minimum absolute atomic E-state index is 0.0281. The van der Waals surface area contributed by atoms with Gasteiger partial charge >= 0.3 is 6.09 Å². The molecule has 35 heavy (non-hydrogen) atoms. The van der Waals surface area contributed by atoms with Crippen molar-refractivity contribution in [2.24, 2.45) is 0 Å². The standard InChI is InChI=1S/C28H40N4O3/c1-5-8-16-30-17-19-32(20-18-30)26(24-10-9-11-25(21-24)29-28(34)35-4)22-12-14-23(15-13-22)27(33)31(6-2)7-3/h9-15,21,26H,5-8,16-20H2,1-4H3,(H,29,34). The SMILES string of the molecule is CCCCN1CCN(C(c2ccc(C(=O)N(CC)CC)cc2)c2cccc(NC(=O)OC)c2)CC1. The summed E-state index contributed by atoms with van der Waals surface area (Å²) < 4.78 is 4.77. The zero-order chi connectivity index (χ0) is 25.2. The number of piperazine rings is 1. The van der Waals surface area contributed by atoms with E-state index in [1.165, 1.54) is 20.0 Å². The van der Waals surface area contributed by atoms with Crippen LogP contribution in [0.1, 0.15) is 61.1 Å². The van der Waals surface area contributed by atoms with Crippen LogP contribution in [0.4, 0.5) is 10.5 Å². The molecule has 0 aliphatic carbocycles. The van der Waals surface area contributed by atoms with Crippen LogP contribution in [0.15, 0.2) is 48.5 Å². The Balaban J connectivity index is 1.88. The van der Waals surface area contributed by atoms with E-state index in [2.05, 4.69) is 40.2 Å². The molecule has 2 aromatic carbocycles.